The van der Waals surface area contributed by atoms with Crippen LogP contribution in [0.5, 0.6) is 11.5 Å². The highest BCUT2D eigenvalue weighted by Gasteiger charge is 2.24. The molecule has 0 spiro atoms. The first-order valence-electron chi connectivity index (χ1n) is 9.81. The molecule has 0 unspecified atom stereocenters. The van der Waals surface area contributed by atoms with Crippen molar-refractivity contribution in [3.63, 3.8) is 0 Å². The molecule has 0 aliphatic heterocycles. The van der Waals surface area contributed by atoms with Crippen LogP contribution in [0.3, 0.4) is 0 Å². The van der Waals surface area contributed by atoms with E-state index in [9.17, 15) is 5.11 Å². The minimum Gasteiger partial charge on any atom is -0.508 e. The lowest BCUT2D eigenvalue weighted by atomic mass is 9.99. The molecule has 2 atom stereocenters. The van der Waals surface area contributed by atoms with E-state index in [4.69, 9.17) is 4.74 Å². The number of phenols is 1. The van der Waals surface area contributed by atoms with Crippen LogP contribution in [0.25, 0.3) is 0 Å². The number of ether oxygens (including phenoxy) is 1. The zero-order valence-corrected chi connectivity index (χ0v) is 16.9. The molecule has 0 aliphatic carbocycles. The monoisotopic (exact) mass is 375 g/mol. The van der Waals surface area contributed by atoms with Crippen molar-refractivity contribution in [3.8, 4) is 11.5 Å². The fourth-order valence-corrected chi connectivity index (χ4v) is 3.72. The molecular weight excluding hydrogens is 346 g/mol. The summed E-state index contributed by atoms with van der Waals surface area (Å²) in [6, 6.07) is 26.8. The van der Waals surface area contributed by atoms with E-state index >= 15 is 0 Å². The van der Waals surface area contributed by atoms with Gasteiger partial charge in [0.15, 0.2) is 0 Å². The Labute approximate surface area is 168 Å². The third kappa shape index (κ3) is 4.73. The van der Waals surface area contributed by atoms with Gasteiger partial charge in [0.05, 0.1) is 7.11 Å². The van der Waals surface area contributed by atoms with Gasteiger partial charge in [0.1, 0.15) is 11.5 Å². The average molecular weight is 376 g/mol. The van der Waals surface area contributed by atoms with E-state index in [1.807, 2.05) is 18.2 Å². The maximum absolute atomic E-state index is 10.5. The Kier molecular flexibility index (Phi) is 6.72. The Morgan fingerprint density at radius 1 is 0.857 bits per heavy atom. The molecule has 0 amide bonds. The highest BCUT2D eigenvalue weighted by Crippen LogP contribution is 2.36. The summed E-state index contributed by atoms with van der Waals surface area (Å²) < 4.78 is 5.38. The molecule has 0 bridgehead atoms. The van der Waals surface area contributed by atoms with Crippen LogP contribution in [0.15, 0.2) is 78.9 Å². The van der Waals surface area contributed by atoms with E-state index in [1.54, 1.807) is 19.2 Å². The molecule has 1 N–H and O–H groups in total. The van der Waals surface area contributed by atoms with Gasteiger partial charge < -0.3 is 9.84 Å². The Hall–Kier alpha value is -2.78. The lowest BCUT2D eigenvalue weighted by Gasteiger charge is -2.35. The molecule has 3 aromatic carbocycles. The van der Waals surface area contributed by atoms with Crippen molar-refractivity contribution < 1.29 is 9.84 Å². The van der Waals surface area contributed by atoms with E-state index in [1.165, 1.54) is 11.1 Å². The van der Waals surface area contributed by atoms with E-state index in [0.29, 0.717) is 5.75 Å². The molecule has 0 saturated heterocycles. The smallest absolute Gasteiger partial charge is 0.120 e. The van der Waals surface area contributed by atoms with Crippen LogP contribution in [0.2, 0.25) is 0 Å². The fourth-order valence-electron chi connectivity index (χ4n) is 3.72. The van der Waals surface area contributed by atoms with E-state index < -0.39 is 0 Å². The second kappa shape index (κ2) is 9.43. The molecule has 3 nitrogen and oxygen atoms in total. The van der Waals surface area contributed by atoms with Crippen LogP contribution in [0.1, 0.15) is 42.6 Å². The number of phenolic OH excluding ortho intramolecular Hbond substituents is 1. The number of hydrogen-bond acceptors (Lipinski definition) is 3. The topological polar surface area (TPSA) is 32.7 Å². The summed E-state index contributed by atoms with van der Waals surface area (Å²) in [4.78, 5) is 2.44. The third-order valence-corrected chi connectivity index (χ3v) is 5.46. The Balaban J connectivity index is 1.90. The zero-order valence-electron chi connectivity index (χ0n) is 16.9. The summed E-state index contributed by atoms with van der Waals surface area (Å²) in [5, 5.41) is 10.5. The molecular formula is C25H29NO2. The van der Waals surface area contributed by atoms with Gasteiger partial charge >= 0.3 is 0 Å². The first-order valence-corrected chi connectivity index (χ1v) is 9.81. The molecule has 0 fully saturated rings. The standard InChI is InChI=1S/C25H29NO2/c1-19(22-12-8-5-9-13-22)26(17-16-21-10-6-4-7-11-21)20(2)24-18-23(28-3)14-15-25(24)27/h4-15,18-20,27H,16-17H2,1-3H3/t19-,20-/m1/s1. The minimum absolute atomic E-state index is 0.0361. The first kappa shape index (κ1) is 20.0. The molecule has 0 saturated carbocycles. The molecule has 0 radical (unpaired) electrons. The minimum atomic E-state index is 0.0361. The van der Waals surface area contributed by atoms with Crippen molar-refractivity contribution in [2.75, 3.05) is 13.7 Å². The van der Waals surface area contributed by atoms with Gasteiger partial charge in [-0.15, -0.1) is 0 Å². The molecule has 0 heterocycles. The molecule has 0 aliphatic rings. The largest absolute Gasteiger partial charge is 0.508 e. The van der Waals surface area contributed by atoms with Crippen molar-refractivity contribution in [2.24, 2.45) is 0 Å². The Morgan fingerprint density at radius 2 is 1.50 bits per heavy atom. The number of aromatic hydroxyl groups is 1. The summed E-state index contributed by atoms with van der Waals surface area (Å²) in [7, 11) is 1.65. The number of rotatable bonds is 8. The molecule has 28 heavy (non-hydrogen) atoms. The predicted molar refractivity (Wildman–Crippen MR) is 115 cm³/mol. The first-order chi connectivity index (χ1) is 13.6. The van der Waals surface area contributed by atoms with Crippen molar-refractivity contribution >= 4 is 0 Å². The zero-order chi connectivity index (χ0) is 19.9. The van der Waals surface area contributed by atoms with Crippen LogP contribution in [-0.4, -0.2) is 23.7 Å². The second-order valence-corrected chi connectivity index (χ2v) is 7.16. The van der Waals surface area contributed by atoms with Crippen molar-refractivity contribution in [1.29, 1.82) is 0 Å². The van der Waals surface area contributed by atoms with Gasteiger partial charge in [-0.25, -0.2) is 0 Å². The summed E-state index contributed by atoms with van der Waals surface area (Å²) in [5.74, 6) is 1.06. The lowest BCUT2D eigenvalue weighted by Crippen LogP contribution is -2.32. The summed E-state index contributed by atoms with van der Waals surface area (Å²) in [5.41, 5.74) is 3.47. The molecule has 3 heteroatoms. The predicted octanol–water partition coefficient (Wildman–Crippen LogP) is 5.77. The maximum atomic E-state index is 10.5. The van der Waals surface area contributed by atoms with Gasteiger partial charge in [-0.1, -0.05) is 60.7 Å². The molecule has 3 rings (SSSR count). The third-order valence-electron chi connectivity index (χ3n) is 5.46. The summed E-state index contributed by atoms with van der Waals surface area (Å²) in [6.07, 6.45) is 0.951. The van der Waals surface area contributed by atoms with Crippen LogP contribution in [-0.2, 0) is 6.42 Å². The Morgan fingerprint density at radius 3 is 2.14 bits per heavy atom. The molecule has 146 valence electrons. The summed E-state index contributed by atoms with van der Waals surface area (Å²) in [6.45, 7) is 5.27. The lowest BCUT2D eigenvalue weighted by molar-refractivity contribution is 0.153. The van der Waals surface area contributed by atoms with E-state index in [2.05, 4.69) is 67.3 Å². The van der Waals surface area contributed by atoms with Gasteiger partial charge in [0, 0.05) is 24.2 Å². The highest BCUT2D eigenvalue weighted by atomic mass is 16.5. The number of hydrogen-bond donors (Lipinski definition) is 1. The van der Waals surface area contributed by atoms with Gasteiger partial charge in [-0.2, -0.15) is 0 Å². The van der Waals surface area contributed by atoms with Crippen LogP contribution in [0.4, 0.5) is 0 Å². The van der Waals surface area contributed by atoms with Crippen LogP contribution < -0.4 is 4.74 Å². The fraction of sp³-hybridized carbons (Fsp3) is 0.280. The van der Waals surface area contributed by atoms with Gasteiger partial charge in [0.25, 0.3) is 0 Å². The van der Waals surface area contributed by atoms with Crippen LogP contribution in [0, 0.1) is 0 Å². The number of methoxy groups -OCH3 is 1. The molecule has 3 aromatic rings. The van der Waals surface area contributed by atoms with Crippen molar-refractivity contribution in [3.05, 3.63) is 95.6 Å². The quantitative estimate of drug-likeness (QED) is 0.543. The maximum Gasteiger partial charge on any atom is 0.120 e. The normalized spacial score (nSPS) is 13.3. The van der Waals surface area contributed by atoms with E-state index in [0.717, 1.165) is 24.3 Å². The van der Waals surface area contributed by atoms with Gasteiger partial charge in [-0.3, -0.25) is 4.90 Å². The SMILES string of the molecule is COc1ccc(O)c([C@@H](C)N(CCc2ccccc2)[C@H](C)c2ccccc2)c1. The Bertz CT molecular complexity index is 864. The van der Waals surface area contributed by atoms with Crippen molar-refractivity contribution in [1.82, 2.24) is 4.90 Å². The average Bonchev–Trinajstić information content (AvgIpc) is 2.75. The van der Waals surface area contributed by atoms with Gasteiger partial charge in [0.2, 0.25) is 0 Å². The van der Waals surface area contributed by atoms with Gasteiger partial charge in [-0.05, 0) is 49.6 Å². The van der Waals surface area contributed by atoms with E-state index in [-0.39, 0.29) is 12.1 Å². The second-order valence-electron chi connectivity index (χ2n) is 7.16. The van der Waals surface area contributed by atoms with Crippen LogP contribution >= 0.6 is 0 Å². The summed E-state index contributed by atoms with van der Waals surface area (Å²) >= 11 is 0. The highest BCUT2D eigenvalue weighted by molar-refractivity contribution is 5.41. The number of benzene rings is 3. The number of nitrogens with zero attached hydrogens (tertiary/aromatic N) is 1. The molecule has 0 aromatic heterocycles. The van der Waals surface area contributed by atoms with Crippen molar-refractivity contribution in [2.45, 2.75) is 32.4 Å².